The average Bonchev–Trinajstić information content (AvgIpc) is 2.33. The summed E-state index contributed by atoms with van der Waals surface area (Å²) in [6.07, 6.45) is -0.764. The van der Waals surface area contributed by atoms with Crippen LogP contribution in [0.5, 0.6) is 0 Å². The molecule has 0 saturated carbocycles. The van der Waals surface area contributed by atoms with Gasteiger partial charge in [0.2, 0.25) is 0 Å². The summed E-state index contributed by atoms with van der Waals surface area (Å²) in [4.78, 5) is 11.4. The highest BCUT2D eigenvalue weighted by atomic mass is 16.3. The molecule has 3 heteroatoms. The fourth-order valence-corrected chi connectivity index (χ4v) is 1.66. The predicted octanol–water partition coefficient (Wildman–Crippen LogP) is 1.47. The molecular weight excluding hydrogens is 202 g/mol. The molecule has 0 saturated heterocycles. The molecule has 1 heterocycles. The molecule has 0 aliphatic rings. The van der Waals surface area contributed by atoms with Crippen molar-refractivity contribution in [2.45, 2.75) is 6.10 Å². The van der Waals surface area contributed by atoms with Gasteiger partial charge in [0.25, 0.3) is 5.56 Å². The van der Waals surface area contributed by atoms with Crippen LogP contribution < -0.4 is 5.56 Å². The first-order chi connectivity index (χ1) is 7.70. The lowest BCUT2D eigenvalue weighted by molar-refractivity contribution is 0.210. The number of aliphatic hydroxyl groups excluding tert-OH is 1. The Kier molecular flexibility index (Phi) is 2.88. The summed E-state index contributed by atoms with van der Waals surface area (Å²) < 4.78 is 1.46. The Balaban J connectivity index is 2.46. The number of hydrogen-bond donors (Lipinski definition) is 1. The molecule has 0 radical (unpaired) electrons. The summed E-state index contributed by atoms with van der Waals surface area (Å²) in [7, 11) is 1.66. The second-order valence-corrected chi connectivity index (χ2v) is 3.66. The quantitative estimate of drug-likeness (QED) is 0.824. The topological polar surface area (TPSA) is 42.2 Å². The zero-order chi connectivity index (χ0) is 11.5. The molecule has 0 fully saturated rings. The van der Waals surface area contributed by atoms with Crippen LogP contribution in [0.4, 0.5) is 0 Å². The molecule has 1 aromatic carbocycles. The number of aliphatic hydroxyl groups is 1. The van der Waals surface area contributed by atoms with Crippen molar-refractivity contribution in [3.8, 4) is 0 Å². The predicted molar refractivity (Wildman–Crippen MR) is 62.2 cm³/mol. The van der Waals surface area contributed by atoms with Gasteiger partial charge in [-0.05, 0) is 11.6 Å². The lowest BCUT2D eigenvalue weighted by atomic mass is 10.1. The zero-order valence-electron chi connectivity index (χ0n) is 9.00. The Labute approximate surface area is 93.6 Å². The van der Waals surface area contributed by atoms with E-state index in [0.717, 1.165) is 5.56 Å². The van der Waals surface area contributed by atoms with Crippen molar-refractivity contribution in [2.75, 3.05) is 0 Å². The van der Waals surface area contributed by atoms with Crippen LogP contribution in [0.25, 0.3) is 0 Å². The second kappa shape index (κ2) is 4.33. The Bertz CT molecular complexity index is 531. The first kappa shape index (κ1) is 10.6. The number of nitrogens with zero attached hydrogens (tertiary/aromatic N) is 1. The number of benzene rings is 1. The van der Waals surface area contributed by atoms with Gasteiger partial charge in [-0.3, -0.25) is 4.79 Å². The van der Waals surface area contributed by atoms with Gasteiger partial charge in [0.15, 0.2) is 0 Å². The molecule has 0 amide bonds. The van der Waals surface area contributed by atoms with Crippen molar-refractivity contribution < 1.29 is 5.11 Å². The summed E-state index contributed by atoms with van der Waals surface area (Å²) in [6, 6.07) is 14.2. The van der Waals surface area contributed by atoms with Gasteiger partial charge in [-0.15, -0.1) is 0 Å². The SMILES string of the molecule is Cn1c(C(O)c2ccccc2)cccc1=O. The standard InChI is InChI=1S/C13H13NO2/c1-14-11(8-5-9-12(14)15)13(16)10-6-3-2-4-7-10/h2-9,13,16H,1H3. The minimum atomic E-state index is -0.764. The van der Waals surface area contributed by atoms with Gasteiger partial charge in [-0.1, -0.05) is 36.4 Å². The lowest BCUT2D eigenvalue weighted by Gasteiger charge is -2.14. The van der Waals surface area contributed by atoms with Crippen molar-refractivity contribution in [3.05, 3.63) is 70.1 Å². The molecule has 1 aromatic heterocycles. The molecule has 1 atom stereocenters. The highest BCUT2D eigenvalue weighted by Crippen LogP contribution is 2.19. The molecule has 2 aromatic rings. The number of pyridine rings is 1. The number of hydrogen-bond acceptors (Lipinski definition) is 2. The molecule has 2 rings (SSSR count). The van der Waals surface area contributed by atoms with Crippen molar-refractivity contribution in [1.82, 2.24) is 4.57 Å². The van der Waals surface area contributed by atoms with Crippen LogP contribution in [-0.2, 0) is 7.05 Å². The van der Waals surface area contributed by atoms with E-state index in [0.29, 0.717) is 5.69 Å². The molecule has 0 bridgehead atoms. The summed E-state index contributed by atoms with van der Waals surface area (Å²) >= 11 is 0. The summed E-state index contributed by atoms with van der Waals surface area (Å²) in [6.45, 7) is 0. The van der Waals surface area contributed by atoms with Crippen LogP contribution in [0, 0.1) is 0 Å². The fraction of sp³-hybridized carbons (Fsp3) is 0.154. The van der Waals surface area contributed by atoms with Crippen LogP contribution in [0.1, 0.15) is 17.4 Å². The molecule has 82 valence electrons. The molecule has 1 N–H and O–H groups in total. The maximum Gasteiger partial charge on any atom is 0.250 e. The molecule has 16 heavy (non-hydrogen) atoms. The summed E-state index contributed by atoms with van der Waals surface area (Å²) in [5.74, 6) is 0. The number of aromatic nitrogens is 1. The van der Waals surface area contributed by atoms with Crippen molar-refractivity contribution in [1.29, 1.82) is 0 Å². The van der Waals surface area contributed by atoms with Crippen LogP contribution in [0.2, 0.25) is 0 Å². The van der Waals surface area contributed by atoms with Crippen LogP contribution in [0.15, 0.2) is 53.3 Å². The smallest absolute Gasteiger partial charge is 0.250 e. The van der Waals surface area contributed by atoms with Gasteiger partial charge in [0, 0.05) is 13.1 Å². The Hall–Kier alpha value is -1.87. The maximum absolute atomic E-state index is 11.4. The van der Waals surface area contributed by atoms with E-state index in [-0.39, 0.29) is 5.56 Å². The van der Waals surface area contributed by atoms with Crippen molar-refractivity contribution >= 4 is 0 Å². The molecular formula is C13H13NO2. The third-order valence-electron chi connectivity index (χ3n) is 2.62. The largest absolute Gasteiger partial charge is 0.382 e. The van der Waals surface area contributed by atoms with Gasteiger partial charge in [0.1, 0.15) is 6.10 Å². The Morgan fingerprint density at radius 2 is 1.75 bits per heavy atom. The normalized spacial score (nSPS) is 12.4. The van der Waals surface area contributed by atoms with Crippen LogP contribution >= 0.6 is 0 Å². The maximum atomic E-state index is 11.4. The monoisotopic (exact) mass is 215 g/mol. The molecule has 1 unspecified atom stereocenters. The summed E-state index contributed by atoms with van der Waals surface area (Å²) in [5, 5.41) is 10.1. The minimum Gasteiger partial charge on any atom is -0.382 e. The van der Waals surface area contributed by atoms with E-state index in [1.54, 1.807) is 19.2 Å². The van der Waals surface area contributed by atoms with Gasteiger partial charge < -0.3 is 9.67 Å². The first-order valence-corrected chi connectivity index (χ1v) is 5.09. The molecule has 3 nitrogen and oxygen atoms in total. The highest BCUT2D eigenvalue weighted by Gasteiger charge is 2.12. The van der Waals surface area contributed by atoms with Gasteiger partial charge >= 0.3 is 0 Å². The van der Waals surface area contributed by atoms with E-state index >= 15 is 0 Å². The molecule has 0 aliphatic heterocycles. The molecule has 0 aliphatic carbocycles. The third-order valence-corrected chi connectivity index (χ3v) is 2.62. The Morgan fingerprint density at radius 3 is 2.44 bits per heavy atom. The van der Waals surface area contributed by atoms with Crippen molar-refractivity contribution in [2.24, 2.45) is 7.05 Å². The van der Waals surface area contributed by atoms with Gasteiger partial charge in [-0.2, -0.15) is 0 Å². The zero-order valence-corrected chi connectivity index (χ0v) is 9.00. The second-order valence-electron chi connectivity index (χ2n) is 3.66. The van der Waals surface area contributed by atoms with E-state index in [1.807, 2.05) is 30.3 Å². The van der Waals surface area contributed by atoms with E-state index < -0.39 is 6.10 Å². The van der Waals surface area contributed by atoms with Crippen molar-refractivity contribution in [3.63, 3.8) is 0 Å². The van der Waals surface area contributed by atoms with Gasteiger partial charge in [0.05, 0.1) is 5.69 Å². The fourth-order valence-electron chi connectivity index (χ4n) is 1.66. The van der Waals surface area contributed by atoms with Crippen LogP contribution in [0.3, 0.4) is 0 Å². The van der Waals surface area contributed by atoms with E-state index in [2.05, 4.69) is 0 Å². The molecule has 0 spiro atoms. The third kappa shape index (κ3) is 1.90. The van der Waals surface area contributed by atoms with E-state index in [4.69, 9.17) is 0 Å². The van der Waals surface area contributed by atoms with Crippen LogP contribution in [-0.4, -0.2) is 9.67 Å². The Morgan fingerprint density at radius 1 is 1.06 bits per heavy atom. The number of rotatable bonds is 2. The van der Waals surface area contributed by atoms with E-state index in [1.165, 1.54) is 10.6 Å². The van der Waals surface area contributed by atoms with Gasteiger partial charge in [-0.25, -0.2) is 0 Å². The lowest BCUT2D eigenvalue weighted by Crippen LogP contribution is -2.21. The average molecular weight is 215 g/mol. The summed E-state index contributed by atoms with van der Waals surface area (Å²) in [5.41, 5.74) is 1.26. The highest BCUT2D eigenvalue weighted by molar-refractivity contribution is 5.25. The minimum absolute atomic E-state index is 0.118. The van der Waals surface area contributed by atoms with E-state index in [9.17, 15) is 9.90 Å². The first-order valence-electron chi connectivity index (χ1n) is 5.09.